The van der Waals surface area contributed by atoms with Crippen LogP contribution in [0.1, 0.15) is 17.9 Å². The highest BCUT2D eigenvalue weighted by Gasteiger charge is 2.12. The molecule has 0 atom stereocenters. The van der Waals surface area contributed by atoms with Crippen LogP contribution in [0, 0.1) is 6.92 Å². The second kappa shape index (κ2) is 9.14. The number of rotatable bonds is 8. The molecule has 0 aliphatic rings. The number of hydrogen-bond donors (Lipinski definition) is 1. The number of thiophene rings is 1. The van der Waals surface area contributed by atoms with Crippen molar-refractivity contribution in [3.05, 3.63) is 47.2 Å². The van der Waals surface area contributed by atoms with Crippen LogP contribution in [0.3, 0.4) is 0 Å². The van der Waals surface area contributed by atoms with Gasteiger partial charge >= 0.3 is 5.97 Å². The zero-order chi connectivity index (χ0) is 19.9. The number of aryl methyl sites for hydroxylation is 2. The van der Waals surface area contributed by atoms with E-state index < -0.39 is 5.97 Å². The summed E-state index contributed by atoms with van der Waals surface area (Å²) in [6, 6.07) is 8.97. The molecule has 146 valence electrons. The van der Waals surface area contributed by atoms with Crippen LogP contribution >= 0.6 is 11.3 Å². The topological polar surface area (TPSA) is 104 Å². The first-order valence-corrected chi connectivity index (χ1v) is 9.39. The van der Waals surface area contributed by atoms with Gasteiger partial charge in [-0.2, -0.15) is 4.98 Å². The van der Waals surface area contributed by atoms with Gasteiger partial charge < -0.3 is 19.3 Å². The van der Waals surface area contributed by atoms with E-state index in [4.69, 9.17) is 9.26 Å². The van der Waals surface area contributed by atoms with Crippen LogP contribution in [0.4, 0.5) is 5.69 Å². The normalized spacial score (nSPS) is 10.5. The summed E-state index contributed by atoms with van der Waals surface area (Å²) >= 11 is 1.52. The standard InChI is InChI=1S/C19H19N3O5S/c1-12-10-13(26-11-18(24)25-2)5-6-14(12)20-16(23)7-8-17-21-19(22-27-17)15-4-3-9-28-15/h3-6,9-10H,7-8,11H2,1-2H3,(H,20,23). The van der Waals surface area contributed by atoms with Crippen LogP contribution in [-0.4, -0.2) is 35.7 Å². The number of aromatic nitrogens is 2. The summed E-state index contributed by atoms with van der Waals surface area (Å²) in [4.78, 5) is 28.6. The lowest BCUT2D eigenvalue weighted by Gasteiger charge is -2.10. The Morgan fingerprint density at radius 3 is 2.86 bits per heavy atom. The average Bonchev–Trinajstić information content (AvgIpc) is 3.38. The zero-order valence-corrected chi connectivity index (χ0v) is 16.2. The van der Waals surface area contributed by atoms with Crippen LogP contribution < -0.4 is 10.1 Å². The third kappa shape index (κ3) is 5.17. The molecule has 3 aromatic rings. The Balaban J connectivity index is 1.51. The number of carbonyl (C=O) groups excluding carboxylic acids is 2. The fraction of sp³-hybridized carbons (Fsp3) is 0.263. The van der Waals surface area contributed by atoms with Gasteiger partial charge in [-0.25, -0.2) is 4.79 Å². The van der Waals surface area contributed by atoms with E-state index in [0.717, 1.165) is 10.4 Å². The minimum absolute atomic E-state index is 0.165. The van der Waals surface area contributed by atoms with Gasteiger partial charge in [-0.3, -0.25) is 4.79 Å². The molecule has 1 N–H and O–H groups in total. The second-order valence-electron chi connectivity index (χ2n) is 5.88. The molecule has 0 fully saturated rings. The SMILES string of the molecule is COC(=O)COc1ccc(NC(=O)CCc2nc(-c3cccs3)no2)c(C)c1. The van der Waals surface area contributed by atoms with E-state index in [1.54, 1.807) is 18.2 Å². The molecule has 0 spiro atoms. The largest absolute Gasteiger partial charge is 0.482 e. The average molecular weight is 401 g/mol. The third-order valence-corrected chi connectivity index (χ3v) is 4.70. The van der Waals surface area contributed by atoms with E-state index in [1.807, 2.05) is 24.4 Å². The number of ether oxygens (including phenoxy) is 2. The van der Waals surface area contributed by atoms with Crippen LogP contribution in [0.2, 0.25) is 0 Å². The highest BCUT2D eigenvalue weighted by Crippen LogP contribution is 2.23. The van der Waals surface area contributed by atoms with Gasteiger partial charge in [0.15, 0.2) is 6.61 Å². The monoisotopic (exact) mass is 401 g/mol. The predicted octanol–water partition coefficient (Wildman–Crippen LogP) is 3.23. The molecule has 0 aliphatic heterocycles. The van der Waals surface area contributed by atoms with Crippen molar-refractivity contribution in [1.82, 2.24) is 10.1 Å². The summed E-state index contributed by atoms with van der Waals surface area (Å²) in [5.41, 5.74) is 1.48. The molecule has 0 saturated carbocycles. The minimum Gasteiger partial charge on any atom is -0.482 e. The molecular weight excluding hydrogens is 382 g/mol. The first kappa shape index (κ1) is 19.6. The number of anilines is 1. The van der Waals surface area contributed by atoms with Crippen LogP contribution in [-0.2, 0) is 20.7 Å². The smallest absolute Gasteiger partial charge is 0.343 e. The number of methoxy groups -OCH3 is 1. The molecule has 0 unspecified atom stereocenters. The van der Waals surface area contributed by atoms with Gasteiger partial charge in [0.05, 0.1) is 12.0 Å². The summed E-state index contributed by atoms with van der Waals surface area (Å²) in [7, 11) is 1.30. The van der Waals surface area contributed by atoms with Crippen molar-refractivity contribution in [3.8, 4) is 16.5 Å². The van der Waals surface area contributed by atoms with Crippen molar-refractivity contribution < 1.29 is 23.6 Å². The van der Waals surface area contributed by atoms with E-state index in [-0.39, 0.29) is 18.9 Å². The van der Waals surface area contributed by atoms with Crippen molar-refractivity contribution in [2.24, 2.45) is 0 Å². The van der Waals surface area contributed by atoms with Crippen molar-refractivity contribution in [2.75, 3.05) is 19.0 Å². The Labute approximate surface area is 165 Å². The Kier molecular flexibility index (Phi) is 6.38. The molecule has 28 heavy (non-hydrogen) atoms. The molecule has 1 amide bonds. The molecule has 0 bridgehead atoms. The first-order chi connectivity index (χ1) is 13.5. The van der Waals surface area contributed by atoms with Gasteiger partial charge in [-0.1, -0.05) is 11.2 Å². The fourth-order valence-corrected chi connectivity index (χ4v) is 3.01. The van der Waals surface area contributed by atoms with Crippen LogP contribution in [0.15, 0.2) is 40.2 Å². The van der Waals surface area contributed by atoms with Gasteiger partial charge in [0, 0.05) is 18.5 Å². The maximum atomic E-state index is 12.2. The van der Waals surface area contributed by atoms with E-state index in [9.17, 15) is 9.59 Å². The van der Waals surface area contributed by atoms with Gasteiger partial charge in [-0.15, -0.1) is 11.3 Å². The first-order valence-electron chi connectivity index (χ1n) is 8.51. The highest BCUT2D eigenvalue weighted by molar-refractivity contribution is 7.13. The molecule has 9 heteroatoms. The lowest BCUT2D eigenvalue weighted by atomic mass is 10.2. The van der Waals surface area contributed by atoms with Gasteiger partial charge in [0.25, 0.3) is 0 Å². The summed E-state index contributed by atoms with van der Waals surface area (Å²) in [5, 5.41) is 8.71. The van der Waals surface area contributed by atoms with E-state index in [1.165, 1.54) is 18.4 Å². The quantitative estimate of drug-likeness (QED) is 0.578. The minimum atomic E-state index is -0.460. The number of nitrogens with zero attached hydrogens (tertiary/aromatic N) is 2. The summed E-state index contributed by atoms with van der Waals surface area (Å²) < 4.78 is 15.0. The Morgan fingerprint density at radius 2 is 2.14 bits per heavy atom. The number of amides is 1. The van der Waals surface area contributed by atoms with E-state index in [0.29, 0.717) is 29.6 Å². The molecule has 1 aromatic carbocycles. The van der Waals surface area contributed by atoms with Crippen molar-refractivity contribution >= 4 is 28.9 Å². The van der Waals surface area contributed by atoms with Crippen LogP contribution in [0.25, 0.3) is 10.7 Å². The molecule has 0 radical (unpaired) electrons. The number of esters is 1. The van der Waals surface area contributed by atoms with Crippen LogP contribution in [0.5, 0.6) is 5.75 Å². The Hall–Kier alpha value is -3.20. The summed E-state index contributed by atoms with van der Waals surface area (Å²) in [6.07, 6.45) is 0.565. The fourth-order valence-electron chi connectivity index (χ4n) is 2.36. The lowest BCUT2D eigenvalue weighted by Crippen LogP contribution is -2.14. The highest BCUT2D eigenvalue weighted by atomic mass is 32.1. The van der Waals surface area contributed by atoms with Crippen molar-refractivity contribution in [3.63, 3.8) is 0 Å². The predicted molar refractivity (Wildman–Crippen MR) is 103 cm³/mol. The van der Waals surface area contributed by atoms with Gasteiger partial charge in [0.2, 0.25) is 17.6 Å². The molecule has 2 heterocycles. The molecule has 3 rings (SSSR count). The van der Waals surface area contributed by atoms with Crippen molar-refractivity contribution in [2.45, 2.75) is 19.8 Å². The number of benzene rings is 1. The zero-order valence-electron chi connectivity index (χ0n) is 15.4. The molecule has 0 saturated heterocycles. The molecule has 0 aliphatic carbocycles. The summed E-state index contributed by atoms with van der Waals surface area (Å²) in [6.45, 7) is 1.67. The number of nitrogens with one attached hydrogen (secondary N) is 1. The molecule has 2 aromatic heterocycles. The van der Waals surface area contributed by atoms with E-state index in [2.05, 4.69) is 20.2 Å². The summed E-state index contributed by atoms with van der Waals surface area (Å²) in [5.74, 6) is 0.846. The maximum Gasteiger partial charge on any atom is 0.343 e. The van der Waals surface area contributed by atoms with Gasteiger partial charge in [-0.05, 0) is 42.1 Å². The number of carbonyl (C=O) groups is 2. The second-order valence-corrected chi connectivity index (χ2v) is 6.83. The lowest BCUT2D eigenvalue weighted by molar-refractivity contribution is -0.142. The van der Waals surface area contributed by atoms with Crippen molar-refractivity contribution in [1.29, 1.82) is 0 Å². The Morgan fingerprint density at radius 1 is 1.29 bits per heavy atom. The number of hydrogen-bond acceptors (Lipinski definition) is 8. The Bertz CT molecular complexity index is 952. The molecular formula is C19H19N3O5S. The van der Waals surface area contributed by atoms with E-state index >= 15 is 0 Å². The molecule has 8 nitrogen and oxygen atoms in total. The van der Waals surface area contributed by atoms with Gasteiger partial charge in [0.1, 0.15) is 5.75 Å². The maximum absolute atomic E-state index is 12.2. The third-order valence-electron chi connectivity index (χ3n) is 3.83.